The third-order valence-electron chi connectivity index (χ3n) is 2.40. The highest BCUT2D eigenvalue weighted by atomic mass is 35.5. The highest BCUT2D eigenvalue weighted by Gasteiger charge is 2.09. The smallest absolute Gasteiger partial charge is 0.221 e. The molecule has 1 heterocycles. The summed E-state index contributed by atoms with van der Waals surface area (Å²) >= 11 is 5.45. The van der Waals surface area contributed by atoms with Gasteiger partial charge >= 0.3 is 0 Å². The van der Waals surface area contributed by atoms with E-state index >= 15 is 0 Å². The molecular weight excluding hydrogens is 216 g/mol. The van der Waals surface area contributed by atoms with Gasteiger partial charge < -0.3 is 10.1 Å². The first-order valence-corrected chi connectivity index (χ1v) is 5.99. The largest absolute Gasteiger partial charge is 0.379 e. The molecule has 0 aromatic carbocycles. The Morgan fingerprint density at radius 3 is 2.80 bits per heavy atom. The van der Waals surface area contributed by atoms with Crippen molar-refractivity contribution in [3.05, 3.63) is 0 Å². The van der Waals surface area contributed by atoms with E-state index < -0.39 is 0 Å². The molecule has 1 N–H and O–H groups in total. The number of hydrogen-bond donors (Lipinski definition) is 1. The van der Waals surface area contributed by atoms with Crippen molar-refractivity contribution in [1.29, 1.82) is 0 Å². The molecule has 1 aliphatic heterocycles. The summed E-state index contributed by atoms with van der Waals surface area (Å²) in [4.78, 5) is 13.4. The molecule has 1 aliphatic rings. The number of carbonyl (C=O) groups excluding carboxylic acids is 1. The van der Waals surface area contributed by atoms with Gasteiger partial charge in [-0.15, -0.1) is 11.6 Å². The van der Waals surface area contributed by atoms with Gasteiger partial charge in [0.15, 0.2) is 0 Å². The maximum Gasteiger partial charge on any atom is 0.221 e. The molecule has 0 bridgehead atoms. The highest BCUT2D eigenvalue weighted by Crippen LogP contribution is 1.97. The second kappa shape index (κ2) is 7.91. The Bertz CT molecular complexity index is 184. The number of carbonyl (C=O) groups is 1. The molecule has 4 nitrogen and oxygen atoms in total. The summed E-state index contributed by atoms with van der Waals surface area (Å²) in [5.74, 6) is 0.446. The number of halogens is 1. The van der Waals surface area contributed by atoms with Crippen molar-refractivity contribution >= 4 is 17.5 Å². The van der Waals surface area contributed by atoms with Crippen molar-refractivity contribution in [2.24, 2.45) is 0 Å². The predicted molar refractivity (Wildman–Crippen MR) is 60.2 cm³/mol. The van der Waals surface area contributed by atoms with Gasteiger partial charge in [-0.05, 0) is 13.0 Å². The number of alkyl halides is 1. The van der Waals surface area contributed by atoms with Crippen LogP contribution in [0.25, 0.3) is 0 Å². The van der Waals surface area contributed by atoms with Crippen LogP contribution in [0.3, 0.4) is 0 Å². The van der Waals surface area contributed by atoms with Crippen LogP contribution in [-0.4, -0.2) is 56.1 Å². The Hall–Kier alpha value is -0.320. The van der Waals surface area contributed by atoms with E-state index in [1.165, 1.54) is 0 Å². The fourth-order valence-electron chi connectivity index (χ4n) is 1.53. The molecule has 1 fully saturated rings. The maximum atomic E-state index is 11.1. The number of ether oxygens (including phenoxy) is 1. The van der Waals surface area contributed by atoms with Crippen LogP contribution in [0.4, 0.5) is 0 Å². The zero-order valence-corrected chi connectivity index (χ0v) is 9.76. The van der Waals surface area contributed by atoms with E-state index in [4.69, 9.17) is 16.3 Å². The van der Waals surface area contributed by atoms with Crippen LogP contribution in [0.2, 0.25) is 0 Å². The average molecular weight is 235 g/mol. The van der Waals surface area contributed by atoms with Crippen molar-refractivity contribution in [3.63, 3.8) is 0 Å². The minimum absolute atomic E-state index is 0.0481. The standard InChI is InChI=1S/C10H19ClN2O2/c11-3-2-10(14)12-4-1-5-13-6-8-15-9-7-13/h1-9H2,(H,12,14). The van der Waals surface area contributed by atoms with Gasteiger partial charge in [0.05, 0.1) is 13.2 Å². The molecule has 1 rings (SSSR count). The van der Waals surface area contributed by atoms with Crippen LogP contribution in [-0.2, 0) is 9.53 Å². The molecule has 1 saturated heterocycles. The second-order valence-electron chi connectivity index (χ2n) is 3.60. The van der Waals surface area contributed by atoms with E-state index in [1.807, 2.05) is 0 Å². The molecule has 0 aliphatic carbocycles. The first-order valence-electron chi connectivity index (χ1n) is 5.45. The number of rotatable bonds is 6. The first kappa shape index (κ1) is 12.7. The Morgan fingerprint density at radius 1 is 1.40 bits per heavy atom. The Balaban J connectivity index is 1.93. The Kier molecular flexibility index (Phi) is 6.72. The van der Waals surface area contributed by atoms with Crippen molar-refractivity contribution < 1.29 is 9.53 Å². The van der Waals surface area contributed by atoms with E-state index in [-0.39, 0.29) is 5.91 Å². The minimum Gasteiger partial charge on any atom is -0.379 e. The summed E-state index contributed by atoms with van der Waals surface area (Å²) in [7, 11) is 0. The van der Waals surface area contributed by atoms with Crippen LogP contribution in [0, 0.1) is 0 Å². The normalized spacial score (nSPS) is 17.7. The molecule has 0 atom stereocenters. The summed E-state index contributed by atoms with van der Waals surface area (Å²) < 4.78 is 5.25. The second-order valence-corrected chi connectivity index (χ2v) is 3.97. The van der Waals surface area contributed by atoms with Crippen LogP contribution < -0.4 is 5.32 Å². The third kappa shape index (κ3) is 5.97. The topological polar surface area (TPSA) is 41.6 Å². The Morgan fingerprint density at radius 2 is 2.13 bits per heavy atom. The zero-order valence-electron chi connectivity index (χ0n) is 9.01. The SMILES string of the molecule is O=C(CCCl)NCCCN1CCOCC1. The lowest BCUT2D eigenvalue weighted by Crippen LogP contribution is -2.38. The first-order chi connectivity index (χ1) is 7.33. The molecule has 0 spiro atoms. The number of amides is 1. The monoisotopic (exact) mass is 234 g/mol. The average Bonchev–Trinajstić information content (AvgIpc) is 2.26. The summed E-state index contributed by atoms with van der Waals surface area (Å²) in [6, 6.07) is 0. The van der Waals surface area contributed by atoms with Gasteiger partial charge in [0, 0.05) is 31.9 Å². The lowest BCUT2D eigenvalue weighted by molar-refractivity contribution is -0.120. The van der Waals surface area contributed by atoms with Gasteiger partial charge in [-0.3, -0.25) is 9.69 Å². The third-order valence-corrected chi connectivity index (χ3v) is 2.59. The summed E-state index contributed by atoms with van der Waals surface area (Å²) in [6.07, 6.45) is 1.41. The molecule has 5 heteroatoms. The van der Waals surface area contributed by atoms with Crippen LogP contribution in [0.1, 0.15) is 12.8 Å². The van der Waals surface area contributed by atoms with E-state index in [0.29, 0.717) is 12.3 Å². The summed E-state index contributed by atoms with van der Waals surface area (Å²) in [5, 5.41) is 2.84. The lowest BCUT2D eigenvalue weighted by atomic mass is 10.3. The quantitative estimate of drug-likeness (QED) is 0.536. The van der Waals surface area contributed by atoms with E-state index in [1.54, 1.807) is 0 Å². The lowest BCUT2D eigenvalue weighted by Gasteiger charge is -2.26. The van der Waals surface area contributed by atoms with Crippen molar-refractivity contribution in [3.8, 4) is 0 Å². The minimum atomic E-state index is 0.0481. The van der Waals surface area contributed by atoms with Gasteiger partial charge in [-0.2, -0.15) is 0 Å². The Labute approximate surface area is 95.9 Å². The van der Waals surface area contributed by atoms with Crippen molar-refractivity contribution in [2.45, 2.75) is 12.8 Å². The van der Waals surface area contributed by atoms with Crippen molar-refractivity contribution in [2.75, 3.05) is 45.3 Å². The number of nitrogens with one attached hydrogen (secondary N) is 1. The molecule has 0 radical (unpaired) electrons. The molecule has 0 aromatic rings. The van der Waals surface area contributed by atoms with Gasteiger partial charge in [0.25, 0.3) is 0 Å². The number of nitrogens with zero attached hydrogens (tertiary/aromatic N) is 1. The molecular formula is C10H19ClN2O2. The molecule has 0 unspecified atom stereocenters. The highest BCUT2D eigenvalue weighted by molar-refractivity contribution is 6.18. The number of hydrogen-bond acceptors (Lipinski definition) is 3. The summed E-state index contributed by atoms with van der Waals surface area (Å²) in [6.45, 7) is 5.46. The zero-order chi connectivity index (χ0) is 10.9. The fraction of sp³-hybridized carbons (Fsp3) is 0.900. The van der Waals surface area contributed by atoms with Crippen LogP contribution in [0.5, 0.6) is 0 Å². The van der Waals surface area contributed by atoms with Crippen molar-refractivity contribution in [1.82, 2.24) is 10.2 Å². The molecule has 15 heavy (non-hydrogen) atoms. The van der Waals surface area contributed by atoms with Gasteiger partial charge in [-0.1, -0.05) is 0 Å². The van der Waals surface area contributed by atoms with Gasteiger partial charge in [0.1, 0.15) is 0 Å². The molecule has 88 valence electrons. The van der Waals surface area contributed by atoms with E-state index in [2.05, 4.69) is 10.2 Å². The van der Waals surface area contributed by atoms with E-state index in [0.717, 1.165) is 45.8 Å². The number of morpholine rings is 1. The molecule has 0 saturated carbocycles. The van der Waals surface area contributed by atoms with Gasteiger partial charge in [0.2, 0.25) is 5.91 Å². The maximum absolute atomic E-state index is 11.1. The van der Waals surface area contributed by atoms with E-state index in [9.17, 15) is 4.79 Å². The summed E-state index contributed by atoms with van der Waals surface area (Å²) in [5.41, 5.74) is 0. The van der Waals surface area contributed by atoms with Gasteiger partial charge in [-0.25, -0.2) is 0 Å². The predicted octanol–water partition coefficient (Wildman–Crippen LogP) is 0.454. The van der Waals surface area contributed by atoms with Crippen LogP contribution in [0.15, 0.2) is 0 Å². The molecule has 0 aromatic heterocycles. The fourth-order valence-corrected chi connectivity index (χ4v) is 1.70. The molecule has 1 amide bonds. The van der Waals surface area contributed by atoms with Crippen LogP contribution >= 0.6 is 11.6 Å².